The predicted octanol–water partition coefficient (Wildman–Crippen LogP) is 4.42. The van der Waals surface area contributed by atoms with Crippen molar-refractivity contribution in [3.63, 3.8) is 0 Å². The van der Waals surface area contributed by atoms with Crippen molar-refractivity contribution in [3.8, 4) is 11.3 Å². The van der Waals surface area contributed by atoms with E-state index in [1.54, 1.807) is 6.20 Å². The van der Waals surface area contributed by atoms with Gasteiger partial charge in [0, 0.05) is 35.3 Å². The number of aromatic nitrogens is 2. The number of fused-ring (bicyclic) bond motifs is 1. The Balaban J connectivity index is 1.83. The Bertz CT molecular complexity index is 793. The molecule has 2 aromatic heterocycles. The number of pyridine rings is 1. The van der Waals surface area contributed by atoms with E-state index in [1.165, 1.54) is 10.9 Å². The summed E-state index contributed by atoms with van der Waals surface area (Å²) in [5.74, 6) is -0.715. The van der Waals surface area contributed by atoms with Crippen LogP contribution in [0.1, 0.15) is 31.2 Å². The van der Waals surface area contributed by atoms with Crippen LogP contribution in [0, 0.1) is 0 Å². The number of aryl methyl sites for hydroxylation is 1. The van der Waals surface area contributed by atoms with Crippen LogP contribution in [0.15, 0.2) is 48.8 Å². The number of hydrogen-bond acceptors (Lipinski definition) is 2. The van der Waals surface area contributed by atoms with Gasteiger partial charge in [0.15, 0.2) is 0 Å². The van der Waals surface area contributed by atoms with Gasteiger partial charge in [-0.15, -0.1) is 0 Å². The van der Waals surface area contributed by atoms with Crippen LogP contribution in [0.2, 0.25) is 0 Å². The predicted molar refractivity (Wildman–Crippen MR) is 91.3 cm³/mol. The molecule has 0 fully saturated rings. The van der Waals surface area contributed by atoms with Gasteiger partial charge in [-0.25, -0.2) is 0 Å². The lowest BCUT2D eigenvalue weighted by Gasteiger charge is -2.05. The lowest BCUT2D eigenvalue weighted by molar-refractivity contribution is -0.137. The molecule has 118 valence electrons. The summed E-state index contributed by atoms with van der Waals surface area (Å²) in [5, 5.41) is 9.96. The monoisotopic (exact) mass is 308 g/mol. The fraction of sp³-hybridized carbons (Fsp3) is 0.263. The third kappa shape index (κ3) is 3.59. The third-order valence-electron chi connectivity index (χ3n) is 4.08. The van der Waals surface area contributed by atoms with Gasteiger partial charge in [0.05, 0.1) is 5.69 Å². The number of rotatable bonds is 7. The van der Waals surface area contributed by atoms with Gasteiger partial charge in [-0.3, -0.25) is 9.78 Å². The number of nitrogens with zero attached hydrogens (tertiary/aromatic N) is 1. The highest BCUT2D eigenvalue weighted by atomic mass is 16.4. The van der Waals surface area contributed by atoms with Gasteiger partial charge in [-0.1, -0.05) is 24.6 Å². The van der Waals surface area contributed by atoms with Crippen molar-refractivity contribution < 1.29 is 9.90 Å². The fourth-order valence-corrected chi connectivity index (χ4v) is 2.97. The minimum absolute atomic E-state index is 0.253. The van der Waals surface area contributed by atoms with Crippen LogP contribution in [0.5, 0.6) is 0 Å². The average molecular weight is 308 g/mol. The second kappa shape index (κ2) is 7.09. The standard InChI is InChI=1S/C19H20N2O2/c22-18(23)11-3-1-2-9-16-15-8-4-5-10-17(15)21-19(16)14-7-6-12-20-13-14/h4-8,10,12-13,21H,1-3,9,11H2,(H,22,23). The highest BCUT2D eigenvalue weighted by molar-refractivity contribution is 5.90. The Kier molecular flexibility index (Phi) is 4.71. The Labute approximate surface area is 135 Å². The number of para-hydroxylation sites is 1. The second-order valence-electron chi connectivity index (χ2n) is 5.72. The molecule has 0 aliphatic heterocycles. The van der Waals surface area contributed by atoms with E-state index in [-0.39, 0.29) is 6.42 Å². The van der Waals surface area contributed by atoms with E-state index in [9.17, 15) is 4.79 Å². The molecule has 4 nitrogen and oxygen atoms in total. The zero-order valence-corrected chi connectivity index (χ0v) is 13.0. The van der Waals surface area contributed by atoms with Crippen molar-refractivity contribution in [2.75, 3.05) is 0 Å². The van der Waals surface area contributed by atoms with Crippen molar-refractivity contribution in [3.05, 3.63) is 54.4 Å². The van der Waals surface area contributed by atoms with E-state index in [0.29, 0.717) is 0 Å². The third-order valence-corrected chi connectivity index (χ3v) is 4.08. The summed E-state index contributed by atoms with van der Waals surface area (Å²) in [4.78, 5) is 18.3. The smallest absolute Gasteiger partial charge is 0.303 e. The van der Waals surface area contributed by atoms with Crippen LogP contribution < -0.4 is 0 Å². The number of carboxylic acids is 1. The molecule has 0 unspecified atom stereocenters. The lowest BCUT2D eigenvalue weighted by Crippen LogP contribution is -1.94. The summed E-state index contributed by atoms with van der Waals surface area (Å²) in [7, 11) is 0. The van der Waals surface area contributed by atoms with E-state index in [2.05, 4.69) is 34.2 Å². The van der Waals surface area contributed by atoms with Crippen LogP contribution in [-0.2, 0) is 11.2 Å². The summed E-state index contributed by atoms with van der Waals surface area (Å²) in [6.45, 7) is 0. The van der Waals surface area contributed by atoms with Crippen LogP contribution in [-0.4, -0.2) is 21.0 Å². The Morgan fingerprint density at radius 2 is 1.96 bits per heavy atom. The molecule has 0 saturated heterocycles. The maximum atomic E-state index is 10.6. The molecule has 0 saturated carbocycles. The largest absolute Gasteiger partial charge is 0.481 e. The summed E-state index contributed by atoms with van der Waals surface area (Å²) in [5.41, 5.74) is 4.64. The molecular formula is C19H20N2O2. The Morgan fingerprint density at radius 3 is 2.74 bits per heavy atom. The maximum Gasteiger partial charge on any atom is 0.303 e. The Hall–Kier alpha value is -2.62. The first-order chi connectivity index (χ1) is 11.3. The van der Waals surface area contributed by atoms with Crippen molar-refractivity contribution >= 4 is 16.9 Å². The number of benzene rings is 1. The van der Waals surface area contributed by atoms with Gasteiger partial charge < -0.3 is 10.1 Å². The summed E-state index contributed by atoms with van der Waals surface area (Å²) >= 11 is 0. The molecule has 0 aliphatic rings. The van der Waals surface area contributed by atoms with Gasteiger partial charge in [-0.05, 0) is 43.0 Å². The number of carboxylic acid groups (broad SMARTS) is 1. The van der Waals surface area contributed by atoms with Gasteiger partial charge in [-0.2, -0.15) is 0 Å². The van der Waals surface area contributed by atoms with Crippen LogP contribution in [0.3, 0.4) is 0 Å². The van der Waals surface area contributed by atoms with Crippen LogP contribution in [0.4, 0.5) is 0 Å². The minimum atomic E-state index is -0.715. The number of unbranched alkanes of at least 4 members (excludes halogenated alkanes) is 2. The van der Waals surface area contributed by atoms with E-state index in [4.69, 9.17) is 5.11 Å². The second-order valence-corrected chi connectivity index (χ2v) is 5.72. The Morgan fingerprint density at radius 1 is 1.09 bits per heavy atom. The number of aliphatic carboxylic acids is 1. The molecule has 3 aromatic rings. The lowest BCUT2D eigenvalue weighted by atomic mass is 10.0. The SMILES string of the molecule is O=C(O)CCCCCc1c(-c2cccnc2)[nH]c2ccccc12. The highest BCUT2D eigenvalue weighted by Crippen LogP contribution is 2.31. The number of hydrogen-bond donors (Lipinski definition) is 2. The molecule has 2 heterocycles. The minimum Gasteiger partial charge on any atom is -0.481 e. The van der Waals surface area contributed by atoms with Crippen LogP contribution >= 0.6 is 0 Å². The van der Waals surface area contributed by atoms with Crippen molar-refractivity contribution in [1.82, 2.24) is 9.97 Å². The van der Waals surface area contributed by atoms with Crippen molar-refractivity contribution in [1.29, 1.82) is 0 Å². The molecule has 23 heavy (non-hydrogen) atoms. The molecule has 0 amide bonds. The normalized spacial score (nSPS) is 11.0. The summed E-state index contributed by atoms with van der Waals surface area (Å²) < 4.78 is 0. The van der Waals surface area contributed by atoms with Crippen LogP contribution in [0.25, 0.3) is 22.2 Å². The van der Waals surface area contributed by atoms with E-state index in [0.717, 1.165) is 42.5 Å². The maximum absolute atomic E-state index is 10.6. The number of carbonyl (C=O) groups is 1. The molecule has 0 bridgehead atoms. The van der Waals surface area contributed by atoms with Gasteiger partial charge >= 0.3 is 5.97 Å². The first-order valence-electron chi connectivity index (χ1n) is 7.97. The molecular weight excluding hydrogens is 288 g/mol. The molecule has 4 heteroatoms. The van der Waals surface area contributed by atoms with E-state index < -0.39 is 5.97 Å². The van der Waals surface area contributed by atoms with E-state index in [1.807, 2.05) is 18.3 Å². The number of nitrogens with one attached hydrogen (secondary N) is 1. The molecule has 0 spiro atoms. The quantitative estimate of drug-likeness (QED) is 0.635. The topological polar surface area (TPSA) is 66.0 Å². The average Bonchev–Trinajstić information content (AvgIpc) is 2.94. The molecule has 1 aromatic carbocycles. The number of aromatic amines is 1. The first-order valence-corrected chi connectivity index (χ1v) is 7.97. The zero-order chi connectivity index (χ0) is 16.1. The summed E-state index contributed by atoms with van der Waals surface area (Å²) in [6, 6.07) is 12.3. The zero-order valence-electron chi connectivity index (χ0n) is 13.0. The number of H-pyrrole nitrogens is 1. The van der Waals surface area contributed by atoms with Gasteiger partial charge in [0.1, 0.15) is 0 Å². The van der Waals surface area contributed by atoms with Gasteiger partial charge in [0.25, 0.3) is 0 Å². The molecule has 0 aliphatic carbocycles. The summed E-state index contributed by atoms with van der Waals surface area (Å²) in [6.07, 6.45) is 7.49. The molecule has 3 rings (SSSR count). The molecule has 2 N–H and O–H groups in total. The molecule has 0 radical (unpaired) electrons. The van der Waals surface area contributed by atoms with E-state index >= 15 is 0 Å². The van der Waals surface area contributed by atoms with Crippen molar-refractivity contribution in [2.45, 2.75) is 32.1 Å². The highest BCUT2D eigenvalue weighted by Gasteiger charge is 2.12. The molecule has 0 atom stereocenters. The van der Waals surface area contributed by atoms with Crippen molar-refractivity contribution in [2.24, 2.45) is 0 Å². The van der Waals surface area contributed by atoms with Gasteiger partial charge in [0.2, 0.25) is 0 Å². The fourth-order valence-electron chi connectivity index (χ4n) is 2.97. The first kappa shape index (κ1) is 15.3.